The van der Waals surface area contributed by atoms with Crippen LogP contribution in [-0.2, 0) is 11.0 Å². The average molecular weight is 406 g/mol. The molecule has 0 aliphatic carbocycles. The molecule has 0 aromatic heterocycles. The standard InChI is InChI=1S/C22H28FNO3S/c1-15-11-13-16(14-12-15)19(24-28(26)21(2,3)4)22(5,23)20(25)17-9-7-8-10-18(17)27-6/h7-14,19,24H,1-6H3/t19-,22+,28?/m1/s1. The van der Waals surface area contributed by atoms with Crippen LogP contribution in [0.15, 0.2) is 48.5 Å². The molecule has 1 unspecified atom stereocenters. The third-order valence-corrected chi connectivity index (χ3v) is 6.09. The maximum Gasteiger partial charge on any atom is 0.205 e. The zero-order valence-corrected chi connectivity index (χ0v) is 18.0. The summed E-state index contributed by atoms with van der Waals surface area (Å²) in [5, 5.41) is 0. The summed E-state index contributed by atoms with van der Waals surface area (Å²) in [5.74, 6) is -0.426. The first kappa shape index (κ1) is 22.2. The van der Waals surface area contributed by atoms with Crippen molar-refractivity contribution in [1.82, 2.24) is 4.72 Å². The highest BCUT2D eigenvalue weighted by Gasteiger charge is 2.45. The number of hydrogen-bond acceptors (Lipinski definition) is 3. The van der Waals surface area contributed by atoms with E-state index in [0.29, 0.717) is 11.3 Å². The maximum absolute atomic E-state index is 16.1. The highest BCUT2D eigenvalue weighted by molar-refractivity contribution is 7.84. The van der Waals surface area contributed by atoms with Crippen LogP contribution in [0.2, 0.25) is 0 Å². The van der Waals surface area contributed by atoms with Crippen LogP contribution in [0.1, 0.15) is 55.2 Å². The Hall–Kier alpha value is -2.05. The number of nitrogens with one attached hydrogen (secondary N) is 1. The molecule has 2 rings (SSSR count). The lowest BCUT2D eigenvalue weighted by molar-refractivity contribution is 0.0641. The van der Waals surface area contributed by atoms with Crippen molar-refractivity contribution in [3.63, 3.8) is 0 Å². The minimum atomic E-state index is -2.36. The topological polar surface area (TPSA) is 55.4 Å². The molecular formula is C22H28FNO3S. The number of benzene rings is 2. The fourth-order valence-electron chi connectivity index (χ4n) is 2.76. The van der Waals surface area contributed by atoms with Crippen molar-refractivity contribution in [2.24, 2.45) is 0 Å². The first-order valence-electron chi connectivity index (χ1n) is 9.10. The third kappa shape index (κ3) is 4.86. The molecule has 0 spiro atoms. The van der Waals surface area contributed by atoms with E-state index in [2.05, 4.69) is 4.72 Å². The summed E-state index contributed by atoms with van der Waals surface area (Å²) in [7, 11) is -0.137. The number of Topliss-reactive ketones (excluding diaryl/α,β-unsaturated/α-hetero) is 1. The summed E-state index contributed by atoms with van der Waals surface area (Å²) in [6.45, 7) is 8.52. The van der Waals surface area contributed by atoms with Crippen LogP contribution < -0.4 is 9.46 Å². The first-order chi connectivity index (χ1) is 13.0. The van der Waals surface area contributed by atoms with Gasteiger partial charge in [-0.25, -0.2) is 13.3 Å². The van der Waals surface area contributed by atoms with Gasteiger partial charge in [0, 0.05) is 0 Å². The summed E-state index contributed by atoms with van der Waals surface area (Å²) >= 11 is 0. The van der Waals surface area contributed by atoms with E-state index in [0.717, 1.165) is 5.56 Å². The quantitative estimate of drug-likeness (QED) is 0.679. The Morgan fingerprint density at radius 3 is 2.18 bits per heavy atom. The fraction of sp³-hybridized carbons (Fsp3) is 0.409. The molecule has 0 saturated heterocycles. The van der Waals surface area contributed by atoms with Crippen LogP contribution in [0.25, 0.3) is 0 Å². The number of carbonyl (C=O) groups is 1. The first-order valence-corrected chi connectivity index (χ1v) is 10.2. The molecule has 0 amide bonds. The van der Waals surface area contributed by atoms with Gasteiger partial charge >= 0.3 is 0 Å². The van der Waals surface area contributed by atoms with Gasteiger partial charge in [-0.15, -0.1) is 0 Å². The zero-order chi connectivity index (χ0) is 21.1. The summed E-state index contributed by atoms with van der Waals surface area (Å²) in [6.07, 6.45) is 0. The van der Waals surface area contributed by atoms with Crippen molar-refractivity contribution in [2.45, 2.75) is 51.1 Å². The number of hydrogen-bond donors (Lipinski definition) is 1. The lowest BCUT2D eigenvalue weighted by Crippen LogP contribution is -2.48. The van der Waals surface area contributed by atoms with Gasteiger partial charge in [0.2, 0.25) is 5.78 Å². The molecule has 3 atom stereocenters. The van der Waals surface area contributed by atoms with Crippen molar-refractivity contribution in [3.05, 3.63) is 65.2 Å². The number of methoxy groups -OCH3 is 1. The second-order valence-electron chi connectivity index (χ2n) is 7.95. The highest BCUT2D eigenvalue weighted by atomic mass is 32.2. The number of para-hydroxylation sites is 1. The second-order valence-corrected chi connectivity index (χ2v) is 9.95. The number of carbonyl (C=O) groups excluding carboxylic acids is 1. The van der Waals surface area contributed by atoms with Gasteiger partial charge in [-0.05, 0) is 52.3 Å². The Bertz CT molecular complexity index is 857. The number of halogens is 1. The lowest BCUT2D eigenvalue weighted by atomic mass is 9.85. The molecule has 4 nitrogen and oxygen atoms in total. The molecule has 28 heavy (non-hydrogen) atoms. The molecule has 0 aliphatic heterocycles. The molecule has 2 aromatic rings. The van der Waals surface area contributed by atoms with E-state index in [9.17, 15) is 9.00 Å². The van der Waals surface area contributed by atoms with E-state index in [1.807, 2.05) is 19.1 Å². The van der Waals surface area contributed by atoms with Crippen molar-refractivity contribution in [3.8, 4) is 5.75 Å². The summed E-state index contributed by atoms with van der Waals surface area (Å²) < 4.78 is 36.3. The van der Waals surface area contributed by atoms with E-state index in [-0.39, 0.29) is 5.56 Å². The fourth-order valence-corrected chi connectivity index (χ4v) is 3.69. The number of alkyl halides is 1. The maximum atomic E-state index is 16.1. The molecular weight excluding hydrogens is 377 g/mol. The third-order valence-electron chi connectivity index (χ3n) is 4.53. The zero-order valence-electron chi connectivity index (χ0n) is 17.2. The molecule has 2 aromatic carbocycles. The van der Waals surface area contributed by atoms with Crippen molar-refractivity contribution < 1.29 is 18.1 Å². The van der Waals surface area contributed by atoms with Gasteiger partial charge in [-0.3, -0.25) is 4.79 Å². The second kappa shape index (κ2) is 8.53. The Kier molecular flexibility index (Phi) is 6.78. The number of ether oxygens (including phenoxy) is 1. The van der Waals surface area contributed by atoms with Crippen molar-refractivity contribution in [1.29, 1.82) is 0 Å². The van der Waals surface area contributed by atoms with Gasteiger partial charge < -0.3 is 4.74 Å². The summed E-state index contributed by atoms with van der Waals surface area (Å²) in [4.78, 5) is 13.2. The predicted molar refractivity (Wildman–Crippen MR) is 112 cm³/mol. The lowest BCUT2D eigenvalue weighted by Gasteiger charge is -2.32. The van der Waals surface area contributed by atoms with E-state index < -0.39 is 33.2 Å². The van der Waals surface area contributed by atoms with Gasteiger partial charge in [0.05, 0.1) is 34.4 Å². The molecule has 0 radical (unpaired) electrons. The van der Waals surface area contributed by atoms with Crippen LogP contribution in [0.5, 0.6) is 5.75 Å². The Morgan fingerprint density at radius 1 is 1.07 bits per heavy atom. The van der Waals surface area contributed by atoms with E-state index in [4.69, 9.17) is 4.74 Å². The minimum Gasteiger partial charge on any atom is -0.496 e. The summed E-state index contributed by atoms with van der Waals surface area (Å²) in [5.41, 5.74) is -0.645. The van der Waals surface area contributed by atoms with Crippen molar-refractivity contribution >= 4 is 16.8 Å². The monoisotopic (exact) mass is 405 g/mol. The molecule has 0 saturated carbocycles. The van der Waals surface area contributed by atoms with E-state index in [1.54, 1.807) is 51.1 Å². The van der Waals surface area contributed by atoms with E-state index in [1.165, 1.54) is 20.1 Å². The van der Waals surface area contributed by atoms with Gasteiger partial charge in [-0.2, -0.15) is 0 Å². The largest absolute Gasteiger partial charge is 0.496 e. The molecule has 0 aliphatic rings. The van der Waals surface area contributed by atoms with Crippen LogP contribution in [0, 0.1) is 6.92 Å². The molecule has 6 heteroatoms. The average Bonchev–Trinajstić information content (AvgIpc) is 2.65. The molecule has 0 fully saturated rings. The van der Waals surface area contributed by atoms with Gasteiger partial charge in [0.15, 0.2) is 5.67 Å². The van der Waals surface area contributed by atoms with Crippen LogP contribution in [-0.4, -0.2) is 27.5 Å². The SMILES string of the molecule is COc1ccccc1C(=O)[C@@](C)(F)[C@H](NS(=O)C(C)(C)C)c1ccc(C)cc1. The van der Waals surface area contributed by atoms with Gasteiger partial charge in [-0.1, -0.05) is 42.0 Å². The number of aryl methyl sites for hydroxylation is 1. The highest BCUT2D eigenvalue weighted by Crippen LogP contribution is 2.36. The molecule has 0 heterocycles. The summed E-state index contributed by atoms with van der Waals surface area (Å²) in [6, 6.07) is 12.6. The van der Waals surface area contributed by atoms with Crippen LogP contribution >= 0.6 is 0 Å². The molecule has 1 N–H and O–H groups in total. The minimum absolute atomic E-state index is 0.149. The molecule has 152 valence electrons. The van der Waals surface area contributed by atoms with Crippen LogP contribution in [0.3, 0.4) is 0 Å². The Labute approximate surface area is 169 Å². The normalized spacial score (nSPS) is 16.1. The number of rotatable bonds is 7. The Balaban J connectivity index is 2.52. The van der Waals surface area contributed by atoms with Crippen molar-refractivity contribution in [2.75, 3.05) is 7.11 Å². The predicted octanol–water partition coefficient (Wildman–Crippen LogP) is 4.71. The smallest absolute Gasteiger partial charge is 0.205 e. The van der Waals surface area contributed by atoms with Crippen LogP contribution in [0.4, 0.5) is 4.39 Å². The number of ketones is 1. The Morgan fingerprint density at radius 2 is 1.64 bits per heavy atom. The van der Waals surface area contributed by atoms with Gasteiger partial charge in [0.1, 0.15) is 5.75 Å². The molecule has 0 bridgehead atoms. The van der Waals surface area contributed by atoms with E-state index >= 15 is 4.39 Å². The van der Waals surface area contributed by atoms with Gasteiger partial charge in [0.25, 0.3) is 0 Å².